The van der Waals surface area contributed by atoms with Gasteiger partial charge in [-0.3, -0.25) is 12.0 Å². The lowest BCUT2D eigenvalue weighted by molar-refractivity contribution is 0.230. The summed E-state index contributed by atoms with van der Waals surface area (Å²) in [7, 11) is 4.05. The lowest BCUT2D eigenvalue weighted by Gasteiger charge is -2.47. The molecular formula is C12H18N3-. The van der Waals surface area contributed by atoms with E-state index in [1.165, 1.54) is 5.69 Å². The summed E-state index contributed by atoms with van der Waals surface area (Å²) in [5.41, 5.74) is 1.21. The fraction of sp³-hybridized carbons (Fsp3) is 0.500. The van der Waals surface area contributed by atoms with Crippen molar-refractivity contribution in [3.05, 3.63) is 31.6 Å². The molecule has 3 nitrogen and oxygen atoms in total. The van der Waals surface area contributed by atoms with E-state index in [0.29, 0.717) is 12.1 Å². The van der Waals surface area contributed by atoms with Crippen molar-refractivity contribution in [3.63, 3.8) is 0 Å². The van der Waals surface area contributed by atoms with E-state index in [0.717, 1.165) is 13.1 Å². The quantitative estimate of drug-likeness (QED) is 0.650. The molecule has 0 unspecified atom stereocenters. The van der Waals surface area contributed by atoms with Gasteiger partial charge in [0.15, 0.2) is 0 Å². The van der Waals surface area contributed by atoms with Crippen LogP contribution in [0.2, 0.25) is 0 Å². The van der Waals surface area contributed by atoms with Crippen LogP contribution in [0.25, 0.3) is 0 Å². The lowest BCUT2D eigenvalue weighted by Crippen LogP contribution is -2.54. The molecule has 1 aliphatic heterocycles. The van der Waals surface area contributed by atoms with Crippen LogP contribution in [0.4, 0.5) is 5.69 Å². The zero-order valence-electron chi connectivity index (χ0n) is 9.43. The van der Waals surface area contributed by atoms with Crippen molar-refractivity contribution in [2.45, 2.75) is 25.9 Å². The average Bonchev–Trinajstić information content (AvgIpc) is 2.25. The van der Waals surface area contributed by atoms with Crippen molar-refractivity contribution < 1.29 is 0 Å². The highest BCUT2D eigenvalue weighted by molar-refractivity contribution is 5.45. The second kappa shape index (κ2) is 4.19. The topological polar surface area (TPSA) is 19.4 Å². The maximum absolute atomic E-state index is 4.17. The van der Waals surface area contributed by atoms with Crippen molar-refractivity contribution in [1.29, 1.82) is 0 Å². The maximum atomic E-state index is 4.17. The van der Waals surface area contributed by atoms with Crippen LogP contribution < -0.4 is 4.90 Å². The molecule has 1 aromatic rings. The van der Waals surface area contributed by atoms with Gasteiger partial charge in [0.05, 0.1) is 11.9 Å². The molecule has 1 fully saturated rings. The molecule has 0 aromatic carbocycles. The van der Waals surface area contributed by atoms with Gasteiger partial charge in [0.25, 0.3) is 0 Å². The van der Waals surface area contributed by atoms with Crippen LogP contribution in [0.15, 0.2) is 24.5 Å². The van der Waals surface area contributed by atoms with Crippen LogP contribution in [0.5, 0.6) is 0 Å². The molecule has 0 N–H and O–H groups in total. The molecule has 1 aliphatic rings. The van der Waals surface area contributed by atoms with Gasteiger partial charge in [-0.05, 0) is 31.6 Å². The van der Waals surface area contributed by atoms with Crippen LogP contribution in [-0.4, -0.2) is 35.1 Å². The summed E-state index contributed by atoms with van der Waals surface area (Å²) in [6.45, 7) is 6.48. The van der Waals surface area contributed by atoms with E-state index in [-0.39, 0.29) is 0 Å². The molecule has 82 valence electrons. The molecule has 3 heteroatoms. The molecule has 2 heterocycles. The summed E-state index contributed by atoms with van der Waals surface area (Å²) in [4.78, 5) is 8.73. The minimum atomic E-state index is 0.501. The largest absolute Gasteiger partial charge is 0.454 e. The zero-order valence-corrected chi connectivity index (χ0v) is 9.43. The van der Waals surface area contributed by atoms with Gasteiger partial charge in [-0.25, -0.2) is 0 Å². The van der Waals surface area contributed by atoms with Crippen LogP contribution >= 0.6 is 0 Å². The van der Waals surface area contributed by atoms with Crippen molar-refractivity contribution in [3.8, 4) is 0 Å². The number of anilines is 1. The molecule has 2 atom stereocenters. The van der Waals surface area contributed by atoms with E-state index in [2.05, 4.69) is 41.7 Å². The fourth-order valence-corrected chi connectivity index (χ4v) is 2.08. The molecule has 0 aliphatic carbocycles. The van der Waals surface area contributed by atoms with E-state index in [9.17, 15) is 0 Å². The van der Waals surface area contributed by atoms with Gasteiger partial charge >= 0.3 is 0 Å². The molecule has 0 radical (unpaired) electrons. The first-order valence-electron chi connectivity index (χ1n) is 5.42. The normalized spacial score (nSPS) is 28.1. The van der Waals surface area contributed by atoms with Gasteiger partial charge in [-0.1, -0.05) is 6.92 Å². The summed E-state index contributed by atoms with van der Waals surface area (Å²) in [6.07, 6.45) is 3.75. The highest BCUT2D eigenvalue weighted by Crippen LogP contribution is 2.21. The van der Waals surface area contributed by atoms with Gasteiger partial charge < -0.3 is 9.80 Å². The van der Waals surface area contributed by atoms with E-state index < -0.39 is 0 Å². The van der Waals surface area contributed by atoms with Crippen molar-refractivity contribution in [2.75, 3.05) is 18.0 Å². The molecule has 1 aromatic heterocycles. The van der Waals surface area contributed by atoms with E-state index >= 15 is 0 Å². The van der Waals surface area contributed by atoms with Crippen molar-refractivity contribution in [1.82, 2.24) is 9.88 Å². The van der Waals surface area contributed by atoms with Gasteiger partial charge in [-0.2, -0.15) is 0 Å². The third kappa shape index (κ3) is 2.12. The average molecular weight is 204 g/mol. The van der Waals surface area contributed by atoms with Gasteiger partial charge in [-0.15, -0.1) is 0 Å². The summed E-state index contributed by atoms with van der Waals surface area (Å²) >= 11 is 0. The van der Waals surface area contributed by atoms with Gasteiger partial charge in [0, 0.05) is 18.8 Å². The summed E-state index contributed by atoms with van der Waals surface area (Å²) < 4.78 is 0. The Labute approximate surface area is 91.7 Å². The Morgan fingerprint density at radius 3 is 2.80 bits per heavy atom. The first-order chi connectivity index (χ1) is 7.18. The minimum absolute atomic E-state index is 0.501. The molecule has 15 heavy (non-hydrogen) atoms. The molecule has 0 spiro atoms. The van der Waals surface area contributed by atoms with E-state index in [1.807, 2.05) is 18.5 Å². The number of pyridine rings is 1. The van der Waals surface area contributed by atoms with Crippen LogP contribution in [0.3, 0.4) is 0 Å². The van der Waals surface area contributed by atoms with Gasteiger partial charge in [0.1, 0.15) is 0 Å². The third-order valence-corrected chi connectivity index (χ3v) is 3.09. The van der Waals surface area contributed by atoms with Crippen LogP contribution in [0, 0.1) is 7.05 Å². The summed E-state index contributed by atoms with van der Waals surface area (Å²) in [5, 5.41) is 0. The van der Waals surface area contributed by atoms with Crippen molar-refractivity contribution >= 4 is 5.69 Å². The van der Waals surface area contributed by atoms with Gasteiger partial charge in [0.2, 0.25) is 0 Å². The maximum Gasteiger partial charge on any atom is 0.0556 e. The third-order valence-electron chi connectivity index (χ3n) is 3.09. The van der Waals surface area contributed by atoms with E-state index in [1.54, 1.807) is 0 Å². The molecule has 0 amide bonds. The first kappa shape index (κ1) is 10.4. The molecule has 2 rings (SSSR count). The Hall–Kier alpha value is -1.09. The monoisotopic (exact) mass is 204 g/mol. The molecule has 0 bridgehead atoms. The number of hydrogen-bond donors (Lipinski definition) is 0. The first-order valence-corrected chi connectivity index (χ1v) is 5.42. The van der Waals surface area contributed by atoms with Crippen molar-refractivity contribution in [2.24, 2.45) is 0 Å². The smallest absolute Gasteiger partial charge is 0.0556 e. The Balaban J connectivity index is 2.16. The number of hydrogen-bond acceptors (Lipinski definition) is 3. The fourth-order valence-electron chi connectivity index (χ4n) is 2.08. The summed E-state index contributed by atoms with van der Waals surface area (Å²) in [5.74, 6) is 0. The number of rotatable bonds is 1. The Kier molecular flexibility index (Phi) is 2.91. The minimum Gasteiger partial charge on any atom is -0.454 e. The Morgan fingerprint density at radius 2 is 2.13 bits per heavy atom. The number of aromatic nitrogens is 1. The molecule has 1 saturated heterocycles. The molecular weight excluding hydrogens is 186 g/mol. The van der Waals surface area contributed by atoms with Crippen LogP contribution in [0.1, 0.15) is 13.8 Å². The van der Waals surface area contributed by atoms with E-state index in [4.69, 9.17) is 0 Å². The highest BCUT2D eigenvalue weighted by Gasteiger charge is 2.23. The standard InChI is InChI=1S/C12H18N3/c1-10-9-15(11(2)8-14(10)3)12-5-4-6-13-7-12/h4-7,10-11H,3,8-9H2,1-2H3/q-1/t10-,11+/m1/s1. The lowest BCUT2D eigenvalue weighted by atomic mass is 10.1. The predicted molar refractivity (Wildman–Crippen MR) is 62.6 cm³/mol. The zero-order chi connectivity index (χ0) is 10.8. The highest BCUT2D eigenvalue weighted by atomic mass is 15.3. The number of nitrogens with zero attached hydrogens (tertiary/aromatic N) is 3. The predicted octanol–water partition coefficient (Wildman–Crippen LogP) is 1.77. The molecule has 0 saturated carbocycles. The Morgan fingerprint density at radius 1 is 1.33 bits per heavy atom. The Bertz CT molecular complexity index is 312. The SMILES string of the molecule is [CH2-]N1C[C@H](C)N(c2cccnc2)C[C@H]1C. The van der Waals surface area contributed by atoms with Crippen LogP contribution in [-0.2, 0) is 0 Å². The second-order valence-corrected chi connectivity index (χ2v) is 4.33. The second-order valence-electron chi connectivity index (χ2n) is 4.33. The summed E-state index contributed by atoms with van der Waals surface area (Å²) in [6, 6.07) is 5.11. The number of piperazine rings is 1.